The number of ether oxygens (including phenoxy) is 1. The summed E-state index contributed by atoms with van der Waals surface area (Å²) in [5.41, 5.74) is 2.35. The Labute approximate surface area is 152 Å². The number of likely N-dealkylation sites (N-methyl/N-ethyl adjacent to an activating group) is 1. The summed E-state index contributed by atoms with van der Waals surface area (Å²) in [5.74, 6) is 0.0893. The number of hydrogen-bond acceptors (Lipinski definition) is 5. The molecule has 2 heterocycles. The van der Waals surface area contributed by atoms with Crippen molar-refractivity contribution >= 4 is 17.5 Å². The van der Waals surface area contributed by atoms with Crippen molar-refractivity contribution in [2.75, 3.05) is 40.3 Å². The van der Waals surface area contributed by atoms with Crippen molar-refractivity contribution in [1.29, 1.82) is 0 Å². The maximum atomic E-state index is 12.4. The molecule has 132 valence electrons. The van der Waals surface area contributed by atoms with Crippen LogP contribution in [0.4, 0.5) is 0 Å². The summed E-state index contributed by atoms with van der Waals surface area (Å²) in [6.45, 7) is 1.93. The van der Waals surface area contributed by atoms with Gasteiger partial charge in [0, 0.05) is 29.5 Å². The zero-order valence-electron chi connectivity index (χ0n) is 14.4. The van der Waals surface area contributed by atoms with Crippen LogP contribution in [0.5, 0.6) is 0 Å². The highest BCUT2D eigenvalue weighted by Gasteiger charge is 2.28. The van der Waals surface area contributed by atoms with Crippen LogP contribution in [0.15, 0.2) is 36.7 Å². The molecule has 0 spiro atoms. The first-order chi connectivity index (χ1) is 12.0. The third kappa shape index (κ3) is 4.34. The molecule has 7 heteroatoms. The third-order valence-corrected chi connectivity index (χ3v) is 4.24. The van der Waals surface area contributed by atoms with Crippen molar-refractivity contribution in [3.8, 4) is 11.3 Å². The van der Waals surface area contributed by atoms with Gasteiger partial charge in [-0.05, 0) is 26.2 Å². The van der Waals surface area contributed by atoms with E-state index in [1.807, 2.05) is 48.2 Å². The van der Waals surface area contributed by atoms with Gasteiger partial charge in [0.15, 0.2) is 0 Å². The number of carbonyl (C=O) groups excluding carboxylic acids is 1. The van der Waals surface area contributed by atoms with Gasteiger partial charge in [-0.2, -0.15) is 0 Å². The maximum Gasteiger partial charge on any atom is 0.236 e. The van der Waals surface area contributed by atoms with Crippen molar-refractivity contribution in [2.24, 2.45) is 0 Å². The SMILES string of the molecule is CN(C)CC(=O)N1CCO[C@H](c2nccnc2-c2cccc(Cl)c2)C1. The molecule has 1 fully saturated rings. The average molecular weight is 361 g/mol. The van der Waals surface area contributed by atoms with Gasteiger partial charge in [0.1, 0.15) is 6.10 Å². The van der Waals surface area contributed by atoms with Gasteiger partial charge < -0.3 is 14.5 Å². The van der Waals surface area contributed by atoms with Gasteiger partial charge >= 0.3 is 0 Å². The molecule has 1 aliphatic heterocycles. The van der Waals surface area contributed by atoms with Crippen molar-refractivity contribution in [3.05, 3.63) is 47.4 Å². The fraction of sp³-hybridized carbons (Fsp3) is 0.389. The molecule has 1 aliphatic rings. The lowest BCUT2D eigenvalue weighted by molar-refractivity contribution is -0.139. The molecule has 6 nitrogen and oxygen atoms in total. The van der Waals surface area contributed by atoms with Crippen LogP contribution in [0.25, 0.3) is 11.3 Å². The summed E-state index contributed by atoms with van der Waals surface area (Å²) >= 11 is 6.11. The van der Waals surface area contributed by atoms with Crippen molar-refractivity contribution in [2.45, 2.75) is 6.10 Å². The normalized spacial score (nSPS) is 17.8. The van der Waals surface area contributed by atoms with Crippen LogP contribution in [0, 0.1) is 0 Å². The first-order valence-corrected chi connectivity index (χ1v) is 8.53. The summed E-state index contributed by atoms with van der Waals surface area (Å²) in [6.07, 6.45) is 2.99. The Bertz CT molecular complexity index is 753. The van der Waals surface area contributed by atoms with Gasteiger partial charge in [-0.15, -0.1) is 0 Å². The standard InChI is InChI=1S/C18H21ClN4O2/c1-22(2)12-16(24)23-8-9-25-15(11-23)18-17(20-6-7-21-18)13-4-3-5-14(19)10-13/h3-7,10,15H,8-9,11-12H2,1-2H3/t15-/m0/s1. The predicted molar refractivity (Wildman–Crippen MR) is 96.3 cm³/mol. The van der Waals surface area contributed by atoms with Crippen LogP contribution >= 0.6 is 11.6 Å². The maximum absolute atomic E-state index is 12.4. The number of morpholine rings is 1. The van der Waals surface area contributed by atoms with Crippen molar-refractivity contribution < 1.29 is 9.53 Å². The Morgan fingerprint density at radius 1 is 1.36 bits per heavy atom. The fourth-order valence-corrected chi connectivity index (χ4v) is 3.04. The number of aromatic nitrogens is 2. The lowest BCUT2D eigenvalue weighted by atomic mass is 10.1. The smallest absolute Gasteiger partial charge is 0.236 e. The molecule has 1 amide bonds. The molecule has 1 aromatic carbocycles. The molecule has 3 rings (SSSR count). The number of rotatable bonds is 4. The Morgan fingerprint density at radius 2 is 2.16 bits per heavy atom. The molecule has 0 aliphatic carbocycles. The van der Waals surface area contributed by atoms with E-state index < -0.39 is 0 Å². The number of amides is 1. The highest BCUT2D eigenvalue weighted by atomic mass is 35.5. The van der Waals surface area contributed by atoms with Gasteiger partial charge in [0.2, 0.25) is 5.91 Å². The second-order valence-corrected chi connectivity index (χ2v) is 6.67. The molecule has 0 radical (unpaired) electrons. The highest BCUT2D eigenvalue weighted by molar-refractivity contribution is 6.30. The zero-order chi connectivity index (χ0) is 17.8. The molecule has 2 aromatic rings. The highest BCUT2D eigenvalue weighted by Crippen LogP contribution is 2.30. The van der Waals surface area contributed by atoms with Gasteiger partial charge in [0.05, 0.1) is 31.1 Å². The van der Waals surface area contributed by atoms with Crippen LogP contribution in [0.1, 0.15) is 11.8 Å². The Balaban J connectivity index is 1.85. The molecule has 0 bridgehead atoms. The van der Waals surface area contributed by atoms with Crippen LogP contribution in [0.2, 0.25) is 5.02 Å². The van der Waals surface area contributed by atoms with E-state index in [1.165, 1.54) is 0 Å². The summed E-state index contributed by atoms with van der Waals surface area (Å²) < 4.78 is 5.90. The van der Waals surface area contributed by atoms with Crippen LogP contribution < -0.4 is 0 Å². The van der Waals surface area contributed by atoms with Gasteiger partial charge in [-0.1, -0.05) is 23.7 Å². The molecule has 1 aromatic heterocycles. The number of carbonyl (C=O) groups is 1. The van der Waals surface area contributed by atoms with Crippen LogP contribution in [-0.4, -0.2) is 66.0 Å². The average Bonchev–Trinajstić information content (AvgIpc) is 2.61. The summed E-state index contributed by atoms with van der Waals surface area (Å²) in [5, 5.41) is 0.640. The molecule has 1 saturated heterocycles. The van der Waals surface area contributed by atoms with Gasteiger partial charge in [-0.3, -0.25) is 14.8 Å². The first-order valence-electron chi connectivity index (χ1n) is 8.15. The number of nitrogens with zero attached hydrogens (tertiary/aromatic N) is 4. The molecule has 0 N–H and O–H groups in total. The number of benzene rings is 1. The predicted octanol–water partition coefficient (Wildman–Crippen LogP) is 2.26. The van der Waals surface area contributed by atoms with Crippen molar-refractivity contribution in [1.82, 2.24) is 19.8 Å². The molecule has 0 unspecified atom stereocenters. The van der Waals surface area contributed by atoms with E-state index in [0.717, 1.165) is 17.0 Å². The first kappa shape index (κ1) is 17.8. The van der Waals surface area contributed by atoms with Crippen LogP contribution in [-0.2, 0) is 9.53 Å². The van der Waals surface area contributed by atoms with E-state index in [-0.39, 0.29) is 12.0 Å². The minimum absolute atomic E-state index is 0.0893. The van der Waals surface area contributed by atoms with Gasteiger partial charge in [-0.25, -0.2) is 0 Å². The lowest BCUT2D eigenvalue weighted by Gasteiger charge is -2.33. The zero-order valence-corrected chi connectivity index (χ0v) is 15.1. The quantitative estimate of drug-likeness (QED) is 0.837. The fourth-order valence-electron chi connectivity index (χ4n) is 2.85. The number of hydrogen-bond donors (Lipinski definition) is 0. The largest absolute Gasteiger partial charge is 0.368 e. The Kier molecular flexibility index (Phi) is 5.63. The second-order valence-electron chi connectivity index (χ2n) is 6.24. The third-order valence-electron chi connectivity index (χ3n) is 4.00. The van der Waals surface area contributed by atoms with E-state index in [4.69, 9.17) is 16.3 Å². The Morgan fingerprint density at radius 3 is 2.92 bits per heavy atom. The summed E-state index contributed by atoms with van der Waals surface area (Å²) in [7, 11) is 3.77. The van der Waals surface area contributed by atoms with Gasteiger partial charge in [0.25, 0.3) is 0 Å². The molecule has 25 heavy (non-hydrogen) atoms. The van der Waals surface area contributed by atoms with E-state index in [1.54, 1.807) is 12.4 Å². The van der Waals surface area contributed by atoms with E-state index in [0.29, 0.717) is 31.3 Å². The number of halogens is 1. The molecule has 0 saturated carbocycles. The minimum atomic E-state index is -0.303. The molecule has 1 atom stereocenters. The summed E-state index contributed by atoms with van der Waals surface area (Å²) in [4.78, 5) is 25.0. The summed E-state index contributed by atoms with van der Waals surface area (Å²) in [6, 6.07) is 7.49. The van der Waals surface area contributed by atoms with Crippen molar-refractivity contribution in [3.63, 3.8) is 0 Å². The lowest BCUT2D eigenvalue weighted by Crippen LogP contribution is -2.45. The Hall–Kier alpha value is -2.02. The monoisotopic (exact) mass is 360 g/mol. The van der Waals surface area contributed by atoms with E-state index >= 15 is 0 Å². The minimum Gasteiger partial charge on any atom is -0.368 e. The van der Waals surface area contributed by atoms with E-state index in [9.17, 15) is 4.79 Å². The molecular weight excluding hydrogens is 340 g/mol. The topological polar surface area (TPSA) is 58.6 Å². The van der Waals surface area contributed by atoms with Crippen LogP contribution in [0.3, 0.4) is 0 Å². The molecular formula is C18H21ClN4O2. The van der Waals surface area contributed by atoms with E-state index in [2.05, 4.69) is 9.97 Å². The second kappa shape index (κ2) is 7.91.